The van der Waals surface area contributed by atoms with Gasteiger partial charge < -0.3 is 10.4 Å². The molecule has 2 nitrogen and oxygen atoms in total. The first-order valence-corrected chi connectivity index (χ1v) is 7.38. The highest BCUT2D eigenvalue weighted by Crippen LogP contribution is 2.37. The monoisotopic (exact) mass is 269 g/mol. The van der Waals surface area contributed by atoms with E-state index >= 15 is 0 Å². The maximum absolute atomic E-state index is 9.67. The van der Waals surface area contributed by atoms with Crippen LogP contribution in [0.15, 0.2) is 36.4 Å². The molecular weight excluding hydrogens is 246 g/mol. The van der Waals surface area contributed by atoms with Crippen LogP contribution in [0.4, 0.5) is 0 Å². The second-order valence-electron chi connectivity index (χ2n) is 6.89. The molecule has 0 saturated carbocycles. The van der Waals surface area contributed by atoms with Gasteiger partial charge in [-0.15, -0.1) is 0 Å². The van der Waals surface area contributed by atoms with Crippen LogP contribution in [0.1, 0.15) is 37.9 Å². The third-order valence-electron chi connectivity index (χ3n) is 4.45. The summed E-state index contributed by atoms with van der Waals surface area (Å²) >= 11 is 0. The highest BCUT2D eigenvalue weighted by atomic mass is 16.3. The van der Waals surface area contributed by atoms with Crippen LogP contribution >= 0.6 is 0 Å². The largest absolute Gasteiger partial charge is 0.395 e. The predicted octanol–water partition coefficient (Wildman–Crippen LogP) is 3.43. The standard InChI is InChI=1S/C18H23NO/c1-18(2,3)16(11-20)19-15-10-13-8-4-6-12-7-5-9-14(15)17(12)13/h4-9,15-16,19-20H,10-11H2,1-3H3/t15?,16-/m1/s1. The highest BCUT2D eigenvalue weighted by Gasteiger charge is 2.30. The zero-order chi connectivity index (χ0) is 14.3. The van der Waals surface area contributed by atoms with E-state index in [4.69, 9.17) is 0 Å². The number of hydrogen-bond acceptors (Lipinski definition) is 2. The molecule has 0 aromatic heterocycles. The average Bonchev–Trinajstić information content (AvgIpc) is 2.76. The van der Waals surface area contributed by atoms with E-state index in [1.807, 2.05) is 0 Å². The van der Waals surface area contributed by atoms with Crippen molar-refractivity contribution >= 4 is 10.8 Å². The minimum atomic E-state index is 0.0530. The lowest BCUT2D eigenvalue weighted by Gasteiger charge is -2.33. The zero-order valence-corrected chi connectivity index (χ0v) is 12.5. The summed E-state index contributed by atoms with van der Waals surface area (Å²) in [7, 11) is 0. The molecule has 0 heterocycles. The molecule has 2 atom stereocenters. The summed E-state index contributed by atoms with van der Waals surface area (Å²) in [5, 5.41) is 16.1. The molecule has 0 bridgehead atoms. The summed E-state index contributed by atoms with van der Waals surface area (Å²) < 4.78 is 0. The number of aliphatic hydroxyl groups excluding tert-OH is 1. The molecule has 0 saturated heterocycles. The Morgan fingerprint density at radius 2 is 1.90 bits per heavy atom. The molecule has 1 unspecified atom stereocenters. The number of rotatable bonds is 3. The minimum Gasteiger partial charge on any atom is -0.395 e. The van der Waals surface area contributed by atoms with Crippen molar-refractivity contribution in [3.63, 3.8) is 0 Å². The van der Waals surface area contributed by atoms with Gasteiger partial charge in [0.1, 0.15) is 0 Å². The van der Waals surface area contributed by atoms with Gasteiger partial charge in [-0.25, -0.2) is 0 Å². The van der Waals surface area contributed by atoms with E-state index in [1.54, 1.807) is 0 Å². The van der Waals surface area contributed by atoms with Gasteiger partial charge >= 0.3 is 0 Å². The van der Waals surface area contributed by atoms with Gasteiger partial charge in [0.15, 0.2) is 0 Å². The minimum absolute atomic E-state index is 0.0530. The number of aliphatic hydroxyl groups is 1. The van der Waals surface area contributed by atoms with Crippen LogP contribution in [-0.2, 0) is 6.42 Å². The van der Waals surface area contributed by atoms with Gasteiger partial charge in [-0.05, 0) is 33.7 Å². The zero-order valence-electron chi connectivity index (χ0n) is 12.5. The van der Waals surface area contributed by atoms with Crippen LogP contribution in [0.5, 0.6) is 0 Å². The maximum Gasteiger partial charge on any atom is 0.0589 e. The van der Waals surface area contributed by atoms with Crippen LogP contribution in [0.2, 0.25) is 0 Å². The van der Waals surface area contributed by atoms with E-state index in [0.717, 1.165) is 6.42 Å². The Labute approximate surface area is 120 Å². The van der Waals surface area contributed by atoms with Gasteiger partial charge in [-0.2, -0.15) is 0 Å². The molecule has 0 aliphatic heterocycles. The molecular formula is C18H23NO. The third kappa shape index (κ3) is 2.23. The Kier molecular flexibility index (Phi) is 3.31. The first kappa shape index (κ1) is 13.6. The Morgan fingerprint density at radius 3 is 2.55 bits per heavy atom. The van der Waals surface area contributed by atoms with Gasteiger partial charge in [-0.1, -0.05) is 57.2 Å². The third-order valence-corrected chi connectivity index (χ3v) is 4.45. The average molecular weight is 269 g/mol. The normalized spacial score (nSPS) is 19.5. The summed E-state index contributed by atoms with van der Waals surface area (Å²) in [5.74, 6) is 0. The first-order chi connectivity index (χ1) is 9.50. The second-order valence-corrected chi connectivity index (χ2v) is 6.89. The molecule has 20 heavy (non-hydrogen) atoms. The van der Waals surface area contributed by atoms with Crippen molar-refractivity contribution in [3.05, 3.63) is 47.5 Å². The Morgan fingerprint density at radius 1 is 1.20 bits per heavy atom. The Hall–Kier alpha value is -1.38. The fourth-order valence-electron chi connectivity index (χ4n) is 3.21. The predicted molar refractivity (Wildman–Crippen MR) is 83.9 cm³/mol. The van der Waals surface area contributed by atoms with Crippen LogP contribution in [-0.4, -0.2) is 17.8 Å². The van der Waals surface area contributed by atoms with E-state index in [-0.39, 0.29) is 18.1 Å². The fraction of sp³-hybridized carbons (Fsp3) is 0.444. The molecule has 0 radical (unpaired) electrons. The van der Waals surface area contributed by atoms with Crippen LogP contribution in [0, 0.1) is 5.41 Å². The number of nitrogens with one attached hydrogen (secondary N) is 1. The van der Waals surface area contributed by atoms with Crippen molar-refractivity contribution in [1.82, 2.24) is 5.32 Å². The smallest absolute Gasteiger partial charge is 0.0589 e. The fourth-order valence-corrected chi connectivity index (χ4v) is 3.21. The van der Waals surface area contributed by atoms with Gasteiger partial charge in [0.2, 0.25) is 0 Å². The lowest BCUT2D eigenvalue weighted by atomic mass is 9.86. The first-order valence-electron chi connectivity index (χ1n) is 7.38. The van der Waals surface area contributed by atoms with Crippen molar-refractivity contribution in [1.29, 1.82) is 0 Å². The van der Waals surface area contributed by atoms with Crippen LogP contribution in [0.25, 0.3) is 10.8 Å². The maximum atomic E-state index is 9.67. The SMILES string of the molecule is CC(C)(C)[C@@H](CO)NC1Cc2cccc3cccc1c23. The van der Waals surface area contributed by atoms with Crippen molar-refractivity contribution in [3.8, 4) is 0 Å². The highest BCUT2D eigenvalue weighted by molar-refractivity contribution is 5.91. The molecule has 0 spiro atoms. The Balaban J connectivity index is 1.95. The summed E-state index contributed by atoms with van der Waals surface area (Å²) in [6, 6.07) is 13.5. The molecule has 2 aromatic carbocycles. The molecule has 1 aliphatic carbocycles. The van der Waals surface area contributed by atoms with E-state index in [2.05, 4.69) is 62.5 Å². The summed E-state index contributed by atoms with van der Waals surface area (Å²) in [4.78, 5) is 0. The lowest BCUT2D eigenvalue weighted by molar-refractivity contribution is 0.148. The topological polar surface area (TPSA) is 32.3 Å². The van der Waals surface area contributed by atoms with Crippen molar-refractivity contribution in [2.75, 3.05) is 6.61 Å². The summed E-state index contributed by atoms with van der Waals surface area (Å²) in [5.41, 5.74) is 2.85. The van der Waals surface area contributed by atoms with Gasteiger partial charge in [0.05, 0.1) is 6.61 Å². The number of benzene rings is 2. The van der Waals surface area contributed by atoms with Gasteiger partial charge in [0.25, 0.3) is 0 Å². The summed E-state index contributed by atoms with van der Waals surface area (Å²) in [6.45, 7) is 6.68. The lowest BCUT2D eigenvalue weighted by Crippen LogP contribution is -2.44. The molecule has 2 heteroatoms. The van der Waals surface area contributed by atoms with E-state index < -0.39 is 0 Å². The molecule has 2 aromatic rings. The summed E-state index contributed by atoms with van der Waals surface area (Å²) in [6.07, 6.45) is 1.02. The quantitative estimate of drug-likeness (QED) is 0.894. The van der Waals surface area contributed by atoms with E-state index in [0.29, 0.717) is 6.04 Å². The molecule has 3 rings (SSSR count). The van der Waals surface area contributed by atoms with Gasteiger partial charge in [0, 0.05) is 12.1 Å². The van der Waals surface area contributed by atoms with Crippen LogP contribution in [0.3, 0.4) is 0 Å². The number of hydrogen-bond donors (Lipinski definition) is 2. The van der Waals surface area contributed by atoms with Crippen LogP contribution < -0.4 is 5.32 Å². The van der Waals surface area contributed by atoms with Gasteiger partial charge in [-0.3, -0.25) is 0 Å². The molecule has 0 fully saturated rings. The van der Waals surface area contributed by atoms with E-state index in [1.165, 1.54) is 21.9 Å². The van der Waals surface area contributed by atoms with E-state index in [9.17, 15) is 5.11 Å². The molecule has 1 aliphatic rings. The van der Waals surface area contributed by atoms with Crippen molar-refractivity contribution in [2.24, 2.45) is 5.41 Å². The molecule has 2 N–H and O–H groups in total. The Bertz CT molecular complexity index is 622. The molecule has 0 amide bonds. The molecule has 106 valence electrons. The second kappa shape index (κ2) is 4.87. The van der Waals surface area contributed by atoms with Crippen molar-refractivity contribution < 1.29 is 5.11 Å². The van der Waals surface area contributed by atoms with Crippen molar-refractivity contribution in [2.45, 2.75) is 39.3 Å².